The molecule has 1 aliphatic rings. The smallest absolute Gasteiger partial charge is 0.193 e. The number of nitrogens with zero attached hydrogens (tertiary/aromatic N) is 2. The third kappa shape index (κ3) is 5.96. The van der Waals surface area contributed by atoms with Crippen LogP contribution in [-0.4, -0.2) is 64.5 Å². The largest absolute Gasteiger partial charge is 0.382 e. The summed E-state index contributed by atoms with van der Waals surface area (Å²) in [6, 6.07) is 7.97. The molecule has 134 valence electrons. The topological polar surface area (TPSA) is 46.1 Å². The zero-order chi connectivity index (χ0) is 17.2. The van der Waals surface area contributed by atoms with Gasteiger partial charge in [0.15, 0.2) is 5.96 Å². The van der Waals surface area contributed by atoms with Gasteiger partial charge in [-0.2, -0.15) is 0 Å². The molecule has 0 radical (unpaired) electrons. The molecule has 0 aromatic heterocycles. The first-order valence-electron chi connectivity index (χ1n) is 8.50. The van der Waals surface area contributed by atoms with Crippen LogP contribution in [0.2, 0.25) is 5.02 Å². The molecule has 1 fully saturated rings. The van der Waals surface area contributed by atoms with Crippen LogP contribution in [0.15, 0.2) is 29.3 Å². The van der Waals surface area contributed by atoms with Crippen LogP contribution in [0.4, 0.5) is 0 Å². The van der Waals surface area contributed by atoms with E-state index in [1.165, 1.54) is 0 Å². The molecule has 1 aliphatic heterocycles. The number of benzene rings is 1. The summed E-state index contributed by atoms with van der Waals surface area (Å²) in [5, 5.41) is 4.26. The Morgan fingerprint density at radius 3 is 2.96 bits per heavy atom. The Labute approximate surface area is 150 Å². The summed E-state index contributed by atoms with van der Waals surface area (Å²) in [6.45, 7) is 4.93. The molecule has 1 unspecified atom stereocenters. The minimum Gasteiger partial charge on any atom is -0.382 e. The second kappa shape index (κ2) is 10.5. The second-order valence-corrected chi connectivity index (χ2v) is 6.39. The molecule has 1 aromatic rings. The van der Waals surface area contributed by atoms with E-state index < -0.39 is 0 Å². The lowest BCUT2D eigenvalue weighted by Crippen LogP contribution is -2.41. The fraction of sp³-hybridized carbons (Fsp3) is 0.611. The molecule has 1 aromatic carbocycles. The summed E-state index contributed by atoms with van der Waals surface area (Å²) < 4.78 is 10.6. The van der Waals surface area contributed by atoms with E-state index in [1.54, 1.807) is 7.11 Å². The molecular formula is C18H28ClN3O2. The highest BCUT2D eigenvalue weighted by Crippen LogP contribution is 2.17. The number of hydrogen-bond donors (Lipinski definition) is 1. The van der Waals surface area contributed by atoms with Crippen molar-refractivity contribution in [1.29, 1.82) is 0 Å². The normalized spacial score (nSPS) is 18.2. The molecule has 5 nitrogen and oxygen atoms in total. The van der Waals surface area contributed by atoms with Crippen LogP contribution in [0, 0.1) is 5.92 Å². The lowest BCUT2D eigenvalue weighted by Gasteiger charge is -2.22. The van der Waals surface area contributed by atoms with Crippen molar-refractivity contribution in [2.75, 3.05) is 53.6 Å². The highest BCUT2D eigenvalue weighted by molar-refractivity contribution is 6.31. The second-order valence-electron chi connectivity index (χ2n) is 5.98. The highest BCUT2D eigenvalue weighted by Gasteiger charge is 2.24. The van der Waals surface area contributed by atoms with Crippen molar-refractivity contribution >= 4 is 17.6 Å². The van der Waals surface area contributed by atoms with Crippen LogP contribution >= 0.6 is 11.6 Å². The number of nitrogens with one attached hydrogen (secondary N) is 1. The predicted molar refractivity (Wildman–Crippen MR) is 98.9 cm³/mol. The van der Waals surface area contributed by atoms with Gasteiger partial charge in [-0.05, 0) is 24.5 Å². The Balaban J connectivity index is 1.71. The molecule has 1 N–H and O–H groups in total. The number of rotatable bonds is 8. The Hall–Kier alpha value is -1.30. The van der Waals surface area contributed by atoms with E-state index in [9.17, 15) is 0 Å². The standard InChI is InChI=1S/C18H28ClN3O2/c1-20-18(21-9-7-16-5-3-4-6-17(16)19)22-10-8-15(13-22)14-24-12-11-23-2/h3-6,15H,7-14H2,1-2H3,(H,20,21). The van der Waals surface area contributed by atoms with Crippen molar-refractivity contribution in [2.45, 2.75) is 12.8 Å². The molecule has 0 saturated carbocycles. The van der Waals surface area contributed by atoms with Gasteiger partial charge in [0, 0.05) is 44.7 Å². The minimum atomic E-state index is 0.559. The first-order valence-corrected chi connectivity index (χ1v) is 8.88. The fourth-order valence-electron chi connectivity index (χ4n) is 2.90. The molecule has 0 amide bonds. The molecule has 1 heterocycles. The third-order valence-electron chi connectivity index (χ3n) is 4.22. The molecule has 2 rings (SSSR count). The number of hydrogen-bond acceptors (Lipinski definition) is 3. The Kier molecular flexibility index (Phi) is 8.36. The molecule has 6 heteroatoms. The van der Waals surface area contributed by atoms with Crippen LogP contribution in [0.5, 0.6) is 0 Å². The molecule has 1 atom stereocenters. The molecule has 24 heavy (non-hydrogen) atoms. The lowest BCUT2D eigenvalue weighted by atomic mass is 10.1. The van der Waals surface area contributed by atoms with Crippen molar-refractivity contribution in [3.8, 4) is 0 Å². The van der Waals surface area contributed by atoms with Gasteiger partial charge in [0.2, 0.25) is 0 Å². The molecule has 0 bridgehead atoms. The number of aliphatic imine (C=N–C) groups is 1. The summed E-state index contributed by atoms with van der Waals surface area (Å²) in [7, 11) is 3.53. The van der Waals surface area contributed by atoms with E-state index in [-0.39, 0.29) is 0 Å². The molecule has 0 aliphatic carbocycles. The Bertz CT molecular complexity index is 525. The van der Waals surface area contributed by atoms with E-state index >= 15 is 0 Å². The monoisotopic (exact) mass is 353 g/mol. The maximum atomic E-state index is 6.20. The summed E-state index contributed by atoms with van der Waals surface area (Å²) in [4.78, 5) is 6.71. The predicted octanol–water partition coefficient (Wildman–Crippen LogP) is 2.44. The van der Waals surface area contributed by atoms with Crippen LogP contribution in [0.3, 0.4) is 0 Å². The summed E-state index contributed by atoms with van der Waals surface area (Å²) in [5.41, 5.74) is 1.16. The van der Waals surface area contributed by atoms with Gasteiger partial charge < -0.3 is 19.7 Å². The van der Waals surface area contributed by atoms with Crippen molar-refractivity contribution in [3.05, 3.63) is 34.9 Å². The first kappa shape index (κ1) is 19.0. The van der Waals surface area contributed by atoms with Gasteiger partial charge in [-0.3, -0.25) is 4.99 Å². The van der Waals surface area contributed by atoms with E-state index in [1.807, 2.05) is 25.2 Å². The zero-order valence-electron chi connectivity index (χ0n) is 14.6. The van der Waals surface area contributed by atoms with E-state index in [2.05, 4.69) is 21.3 Å². The molecule has 0 spiro atoms. The van der Waals surface area contributed by atoms with Crippen molar-refractivity contribution in [1.82, 2.24) is 10.2 Å². The molecular weight excluding hydrogens is 326 g/mol. The van der Waals surface area contributed by atoms with Crippen LogP contribution in [0.1, 0.15) is 12.0 Å². The van der Waals surface area contributed by atoms with Gasteiger partial charge in [-0.1, -0.05) is 29.8 Å². The minimum absolute atomic E-state index is 0.559. The number of likely N-dealkylation sites (tertiary alicyclic amines) is 1. The van der Waals surface area contributed by atoms with Gasteiger partial charge in [-0.15, -0.1) is 0 Å². The van der Waals surface area contributed by atoms with Crippen LogP contribution < -0.4 is 5.32 Å². The third-order valence-corrected chi connectivity index (χ3v) is 4.59. The summed E-state index contributed by atoms with van der Waals surface area (Å²) in [6.07, 6.45) is 2.02. The van der Waals surface area contributed by atoms with Gasteiger partial charge >= 0.3 is 0 Å². The maximum absolute atomic E-state index is 6.20. The van der Waals surface area contributed by atoms with Gasteiger partial charge in [0.05, 0.1) is 19.8 Å². The lowest BCUT2D eigenvalue weighted by molar-refractivity contribution is 0.0536. The summed E-state index contributed by atoms with van der Waals surface area (Å²) in [5.74, 6) is 1.52. The van der Waals surface area contributed by atoms with Gasteiger partial charge in [0.25, 0.3) is 0 Å². The Morgan fingerprint density at radius 2 is 2.21 bits per heavy atom. The van der Waals surface area contributed by atoms with Crippen LogP contribution in [0.25, 0.3) is 0 Å². The number of methoxy groups -OCH3 is 1. The van der Waals surface area contributed by atoms with Crippen molar-refractivity contribution in [2.24, 2.45) is 10.9 Å². The molecule has 1 saturated heterocycles. The summed E-state index contributed by atoms with van der Waals surface area (Å²) >= 11 is 6.20. The maximum Gasteiger partial charge on any atom is 0.193 e. The number of halogens is 1. The fourth-order valence-corrected chi connectivity index (χ4v) is 3.13. The van der Waals surface area contributed by atoms with Crippen molar-refractivity contribution in [3.63, 3.8) is 0 Å². The SMILES string of the molecule is CN=C(NCCc1ccccc1Cl)N1CCC(COCCOC)C1. The van der Waals surface area contributed by atoms with E-state index in [0.29, 0.717) is 19.1 Å². The number of ether oxygens (including phenoxy) is 2. The average molecular weight is 354 g/mol. The van der Waals surface area contributed by atoms with Gasteiger partial charge in [-0.25, -0.2) is 0 Å². The number of guanidine groups is 1. The van der Waals surface area contributed by atoms with E-state index in [0.717, 1.165) is 55.6 Å². The van der Waals surface area contributed by atoms with Crippen LogP contribution in [-0.2, 0) is 15.9 Å². The highest BCUT2D eigenvalue weighted by atomic mass is 35.5. The average Bonchev–Trinajstić information content (AvgIpc) is 3.06. The zero-order valence-corrected chi connectivity index (χ0v) is 15.4. The quantitative estimate of drug-likeness (QED) is 0.443. The Morgan fingerprint density at radius 1 is 1.38 bits per heavy atom. The van der Waals surface area contributed by atoms with Crippen molar-refractivity contribution < 1.29 is 9.47 Å². The van der Waals surface area contributed by atoms with Gasteiger partial charge in [0.1, 0.15) is 0 Å². The first-order chi connectivity index (χ1) is 11.7. The van der Waals surface area contributed by atoms with E-state index in [4.69, 9.17) is 21.1 Å².